The van der Waals surface area contributed by atoms with Crippen molar-refractivity contribution >= 4 is 11.6 Å². The van der Waals surface area contributed by atoms with E-state index in [0.29, 0.717) is 12.0 Å². The monoisotopic (exact) mass is 291 g/mol. The summed E-state index contributed by atoms with van der Waals surface area (Å²) in [6.45, 7) is 9.74. The summed E-state index contributed by atoms with van der Waals surface area (Å²) in [6.07, 6.45) is 4.08. The van der Waals surface area contributed by atoms with Crippen LogP contribution in [0.3, 0.4) is 0 Å². The number of anilines is 2. The third-order valence-corrected chi connectivity index (χ3v) is 4.35. The molecule has 0 unspecified atom stereocenters. The molecule has 0 amide bonds. The normalized spacial score (nSPS) is 17.2. The Balaban J connectivity index is 2.27. The van der Waals surface area contributed by atoms with Crippen LogP contribution >= 0.6 is 0 Å². The first-order valence-corrected chi connectivity index (χ1v) is 8.04. The molecule has 1 aliphatic heterocycles. The van der Waals surface area contributed by atoms with E-state index >= 15 is 0 Å². The van der Waals surface area contributed by atoms with Crippen molar-refractivity contribution in [2.45, 2.75) is 45.6 Å². The van der Waals surface area contributed by atoms with Gasteiger partial charge in [0.25, 0.3) is 0 Å². The molecular formula is C16H29N5. The number of nitrogens with one attached hydrogen (secondary N) is 1. The second-order valence-electron chi connectivity index (χ2n) is 6.29. The minimum absolute atomic E-state index is 0.406. The Morgan fingerprint density at radius 3 is 2.57 bits per heavy atom. The molecule has 0 aromatic carbocycles. The molecule has 21 heavy (non-hydrogen) atoms. The fourth-order valence-corrected chi connectivity index (χ4v) is 3.06. The van der Waals surface area contributed by atoms with Gasteiger partial charge in [-0.25, -0.2) is 9.97 Å². The minimum atomic E-state index is 0.406. The Bertz CT molecular complexity index is 452. The zero-order chi connectivity index (χ0) is 15.4. The average molecular weight is 291 g/mol. The number of hydrogen-bond donors (Lipinski definition) is 1. The van der Waals surface area contributed by atoms with E-state index < -0.39 is 0 Å². The highest BCUT2D eigenvalue weighted by molar-refractivity contribution is 5.60. The van der Waals surface area contributed by atoms with Crippen molar-refractivity contribution in [3.8, 4) is 0 Å². The summed E-state index contributed by atoms with van der Waals surface area (Å²) in [7, 11) is 4.38. The van der Waals surface area contributed by atoms with Crippen LogP contribution in [0.5, 0.6) is 0 Å². The Morgan fingerprint density at radius 2 is 2.00 bits per heavy atom. The van der Waals surface area contributed by atoms with Crippen LogP contribution in [-0.4, -0.2) is 54.6 Å². The lowest BCUT2D eigenvalue weighted by Gasteiger charge is -2.37. The number of hydrogen-bond acceptors (Lipinski definition) is 5. The fourth-order valence-electron chi connectivity index (χ4n) is 3.06. The van der Waals surface area contributed by atoms with Crippen molar-refractivity contribution in [1.82, 2.24) is 14.9 Å². The molecule has 1 saturated heterocycles. The van der Waals surface area contributed by atoms with Gasteiger partial charge in [0.05, 0.1) is 0 Å². The second-order valence-corrected chi connectivity index (χ2v) is 6.29. The topological polar surface area (TPSA) is 44.3 Å². The maximum atomic E-state index is 4.60. The smallest absolute Gasteiger partial charge is 0.137 e. The van der Waals surface area contributed by atoms with Crippen LogP contribution in [0.2, 0.25) is 0 Å². The van der Waals surface area contributed by atoms with Gasteiger partial charge in [-0.15, -0.1) is 0 Å². The van der Waals surface area contributed by atoms with Crippen LogP contribution < -0.4 is 10.2 Å². The van der Waals surface area contributed by atoms with Crippen molar-refractivity contribution in [1.29, 1.82) is 0 Å². The minimum Gasteiger partial charge on any atom is -0.370 e. The maximum Gasteiger partial charge on any atom is 0.137 e. The molecule has 0 radical (unpaired) electrons. The molecular weight excluding hydrogens is 262 g/mol. The van der Waals surface area contributed by atoms with Gasteiger partial charge in [-0.2, -0.15) is 0 Å². The van der Waals surface area contributed by atoms with E-state index in [2.05, 4.69) is 60.0 Å². The van der Waals surface area contributed by atoms with Gasteiger partial charge in [0.2, 0.25) is 0 Å². The first kappa shape index (κ1) is 16.0. The molecule has 1 fully saturated rings. The molecule has 1 aromatic rings. The van der Waals surface area contributed by atoms with Gasteiger partial charge in [0.1, 0.15) is 18.0 Å². The van der Waals surface area contributed by atoms with Crippen molar-refractivity contribution in [3.05, 3.63) is 11.9 Å². The molecule has 2 heterocycles. The van der Waals surface area contributed by atoms with Gasteiger partial charge in [0.15, 0.2) is 0 Å². The van der Waals surface area contributed by atoms with Crippen LogP contribution in [0.25, 0.3) is 0 Å². The van der Waals surface area contributed by atoms with Crippen LogP contribution in [0.15, 0.2) is 6.33 Å². The number of piperidine rings is 1. The molecule has 0 atom stereocenters. The van der Waals surface area contributed by atoms with Gasteiger partial charge >= 0.3 is 0 Å². The molecule has 2 rings (SSSR count). The summed E-state index contributed by atoms with van der Waals surface area (Å²) in [6, 6.07) is 0.572. The fraction of sp³-hybridized carbons (Fsp3) is 0.750. The van der Waals surface area contributed by atoms with Crippen molar-refractivity contribution in [2.75, 3.05) is 43.9 Å². The third-order valence-electron chi connectivity index (χ3n) is 4.35. The Morgan fingerprint density at radius 1 is 1.33 bits per heavy atom. The summed E-state index contributed by atoms with van der Waals surface area (Å²) in [5.74, 6) is 2.48. The standard InChI is InChI=1S/C16H29N5/c1-6-17-15-14(12(2)3)16(19-11-18-15)21(5)13-7-9-20(4)10-8-13/h11-13H,6-10H2,1-5H3,(H,17,18,19). The van der Waals surface area contributed by atoms with Crippen LogP contribution in [0.1, 0.15) is 45.1 Å². The highest BCUT2D eigenvalue weighted by Crippen LogP contribution is 2.32. The molecule has 118 valence electrons. The highest BCUT2D eigenvalue weighted by atomic mass is 15.2. The van der Waals surface area contributed by atoms with E-state index in [1.807, 2.05) is 0 Å². The van der Waals surface area contributed by atoms with E-state index in [9.17, 15) is 0 Å². The van der Waals surface area contributed by atoms with Crippen LogP contribution in [0.4, 0.5) is 11.6 Å². The first-order valence-electron chi connectivity index (χ1n) is 8.04. The lowest BCUT2D eigenvalue weighted by atomic mass is 10.0. The second kappa shape index (κ2) is 7.07. The van der Waals surface area contributed by atoms with E-state index in [4.69, 9.17) is 0 Å². The largest absolute Gasteiger partial charge is 0.370 e. The summed E-state index contributed by atoms with van der Waals surface area (Å²) >= 11 is 0. The van der Waals surface area contributed by atoms with Gasteiger partial charge in [-0.3, -0.25) is 0 Å². The lowest BCUT2D eigenvalue weighted by molar-refractivity contribution is 0.252. The average Bonchev–Trinajstić information content (AvgIpc) is 2.47. The molecule has 0 saturated carbocycles. The highest BCUT2D eigenvalue weighted by Gasteiger charge is 2.25. The Kier molecular flexibility index (Phi) is 5.39. The molecule has 5 heteroatoms. The Labute approximate surface area is 128 Å². The number of nitrogens with zero attached hydrogens (tertiary/aromatic N) is 4. The summed E-state index contributed by atoms with van der Waals surface area (Å²) < 4.78 is 0. The molecule has 0 bridgehead atoms. The first-order chi connectivity index (χ1) is 10.0. The molecule has 0 aliphatic carbocycles. The predicted octanol–water partition coefficient (Wildman–Crippen LogP) is 2.56. The van der Waals surface area contributed by atoms with Crippen LogP contribution in [0, 0.1) is 0 Å². The van der Waals surface area contributed by atoms with Gasteiger partial charge in [-0.05, 0) is 45.8 Å². The summed E-state index contributed by atoms with van der Waals surface area (Å²) in [5, 5.41) is 3.38. The molecule has 1 N–H and O–H groups in total. The summed E-state index contributed by atoms with van der Waals surface area (Å²) in [4.78, 5) is 13.8. The number of aromatic nitrogens is 2. The van der Waals surface area contributed by atoms with Gasteiger partial charge in [-0.1, -0.05) is 13.8 Å². The maximum absolute atomic E-state index is 4.60. The SMILES string of the molecule is CCNc1ncnc(N(C)C2CCN(C)CC2)c1C(C)C. The van der Waals surface area contributed by atoms with Crippen molar-refractivity contribution < 1.29 is 0 Å². The molecule has 0 spiro atoms. The third kappa shape index (κ3) is 3.64. The lowest BCUT2D eigenvalue weighted by Crippen LogP contribution is -2.42. The van der Waals surface area contributed by atoms with Crippen LogP contribution in [-0.2, 0) is 0 Å². The van der Waals surface area contributed by atoms with Crippen molar-refractivity contribution in [2.24, 2.45) is 0 Å². The summed E-state index contributed by atoms with van der Waals surface area (Å²) in [5.41, 5.74) is 1.24. The number of likely N-dealkylation sites (tertiary alicyclic amines) is 1. The van der Waals surface area contributed by atoms with Crippen molar-refractivity contribution in [3.63, 3.8) is 0 Å². The van der Waals surface area contributed by atoms with Gasteiger partial charge in [0, 0.05) is 25.2 Å². The molecule has 5 nitrogen and oxygen atoms in total. The molecule has 1 aromatic heterocycles. The zero-order valence-corrected chi connectivity index (χ0v) is 14.1. The van der Waals surface area contributed by atoms with Gasteiger partial charge < -0.3 is 15.1 Å². The predicted molar refractivity (Wildman–Crippen MR) is 89.2 cm³/mol. The quantitative estimate of drug-likeness (QED) is 0.903. The molecule has 1 aliphatic rings. The van der Waals surface area contributed by atoms with E-state index in [-0.39, 0.29) is 0 Å². The Hall–Kier alpha value is -1.36. The van der Waals surface area contributed by atoms with E-state index in [1.165, 1.54) is 18.4 Å². The van der Waals surface area contributed by atoms with E-state index in [0.717, 1.165) is 31.3 Å². The van der Waals surface area contributed by atoms with E-state index in [1.54, 1.807) is 6.33 Å². The number of rotatable bonds is 5. The zero-order valence-electron chi connectivity index (χ0n) is 14.1.